The maximum atomic E-state index is 12.4. The number of aliphatic imine (C=N–C) groups is 1. The third-order valence-corrected chi connectivity index (χ3v) is 4.89. The van der Waals surface area contributed by atoms with E-state index in [2.05, 4.69) is 22.0 Å². The number of thioether (sulfide) groups is 1. The van der Waals surface area contributed by atoms with Gasteiger partial charge in [0.25, 0.3) is 0 Å². The molecule has 1 fully saturated rings. The van der Waals surface area contributed by atoms with Crippen LogP contribution in [-0.2, 0) is 6.54 Å². The van der Waals surface area contributed by atoms with E-state index >= 15 is 0 Å². The predicted octanol–water partition coefficient (Wildman–Crippen LogP) is 1.13. The predicted molar refractivity (Wildman–Crippen MR) is 97.4 cm³/mol. The second kappa shape index (κ2) is 9.25. The van der Waals surface area contributed by atoms with E-state index < -0.39 is 0 Å². The molecule has 0 spiro atoms. The molecule has 126 valence electrons. The standard InChI is InChI=1S/C18H17ClN2OS.BrH/c19-16-8-6-15(7-9-16)17(22)13-21-10-11-23-18(21)20-12-14-4-2-1-3-5-14;/h1-9H,10-13H2;1H/p-1. The molecule has 0 radical (unpaired) electrons. The molecule has 6 heteroatoms. The average Bonchev–Trinajstić information content (AvgIpc) is 3.01. The van der Waals surface area contributed by atoms with Gasteiger partial charge in [0.05, 0.1) is 13.1 Å². The van der Waals surface area contributed by atoms with Crippen LogP contribution >= 0.6 is 23.4 Å². The maximum absolute atomic E-state index is 12.4. The minimum absolute atomic E-state index is 0. The first-order valence-corrected chi connectivity index (χ1v) is 8.83. The van der Waals surface area contributed by atoms with Crippen LogP contribution in [0.4, 0.5) is 0 Å². The highest BCUT2D eigenvalue weighted by Crippen LogP contribution is 2.20. The van der Waals surface area contributed by atoms with Crippen molar-refractivity contribution in [2.45, 2.75) is 6.54 Å². The highest BCUT2D eigenvalue weighted by atomic mass is 79.9. The van der Waals surface area contributed by atoms with Crippen LogP contribution in [-0.4, -0.2) is 34.7 Å². The summed E-state index contributed by atoms with van der Waals surface area (Å²) in [6, 6.07) is 17.2. The Hall–Kier alpha value is -1.30. The van der Waals surface area contributed by atoms with Gasteiger partial charge >= 0.3 is 0 Å². The van der Waals surface area contributed by atoms with Crippen molar-refractivity contribution in [3.63, 3.8) is 0 Å². The van der Waals surface area contributed by atoms with Gasteiger partial charge in [0.15, 0.2) is 11.0 Å². The van der Waals surface area contributed by atoms with Crippen molar-refractivity contribution in [3.8, 4) is 0 Å². The first kappa shape index (κ1) is 19.0. The smallest absolute Gasteiger partial charge is 0.182 e. The average molecular weight is 425 g/mol. The fourth-order valence-electron chi connectivity index (χ4n) is 2.37. The molecule has 0 atom stereocenters. The Bertz CT molecular complexity index is 707. The van der Waals surface area contributed by atoms with E-state index in [9.17, 15) is 4.79 Å². The molecule has 0 amide bonds. The molecule has 2 aromatic carbocycles. The van der Waals surface area contributed by atoms with E-state index in [0.29, 0.717) is 23.7 Å². The first-order valence-electron chi connectivity index (χ1n) is 7.47. The molecule has 0 N–H and O–H groups in total. The Balaban J connectivity index is 0.00000208. The molecule has 0 saturated carbocycles. The summed E-state index contributed by atoms with van der Waals surface area (Å²) in [5, 5.41) is 1.60. The summed E-state index contributed by atoms with van der Waals surface area (Å²) in [5.74, 6) is 1.07. The van der Waals surface area contributed by atoms with Gasteiger partial charge in [-0.15, -0.1) is 0 Å². The van der Waals surface area contributed by atoms with Gasteiger partial charge in [-0.05, 0) is 29.8 Å². The number of nitrogens with zero attached hydrogens (tertiary/aromatic N) is 2. The van der Waals surface area contributed by atoms with Gasteiger partial charge in [-0.1, -0.05) is 53.7 Å². The van der Waals surface area contributed by atoms with E-state index in [0.717, 1.165) is 17.5 Å². The Morgan fingerprint density at radius 2 is 1.83 bits per heavy atom. The van der Waals surface area contributed by atoms with Gasteiger partial charge in [0, 0.05) is 22.9 Å². The number of carbonyl (C=O) groups is 1. The number of ketones is 1. The molecule has 24 heavy (non-hydrogen) atoms. The zero-order chi connectivity index (χ0) is 16.1. The molecule has 3 rings (SSSR count). The Morgan fingerprint density at radius 3 is 2.54 bits per heavy atom. The minimum atomic E-state index is 0. The topological polar surface area (TPSA) is 32.7 Å². The molecular formula is C18H17BrClN2OS-. The maximum Gasteiger partial charge on any atom is 0.182 e. The minimum Gasteiger partial charge on any atom is -1.00 e. The number of hydrogen-bond acceptors (Lipinski definition) is 3. The highest BCUT2D eigenvalue weighted by molar-refractivity contribution is 8.14. The molecular weight excluding hydrogens is 408 g/mol. The van der Waals surface area contributed by atoms with Crippen molar-refractivity contribution in [1.29, 1.82) is 0 Å². The number of carbonyl (C=O) groups excluding carboxylic acids is 1. The van der Waals surface area contributed by atoms with Gasteiger partial charge in [0.1, 0.15) is 0 Å². The number of hydrogen-bond donors (Lipinski definition) is 0. The van der Waals surface area contributed by atoms with E-state index in [1.807, 2.05) is 18.2 Å². The molecule has 3 nitrogen and oxygen atoms in total. The third kappa shape index (κ3) is 5.10. The van der Waals surface area contributed by atoms with Crippen LogP contribution in [0.1, 0.15) is 15.9 Å². The van der Waals surface area contributed by atoms with Gasteiger partial charge in [-0.25, -0.2) is 0 Å². The monoisotopic (exact) mass is 423 g/mol. The lowest BCUT2D eigenvalue weighted by atomic mass is 10.1. The lowest BCUT2D eigenvalue weighted by molar-refractivity contribution is -0.0000123. The van der Waals surface area contributed by atoms with E-state index in [-0.39, 0.29) is 22.8 Å². The molecule has 0 bridgehead atoms. The molecule has 0 aromatic heterocycles. The van der Waals surface area contributed by atoms with E-state index in [1.54, 1.807) is 36.0 Å². The largest absolute Gasteiger partial charge is 1.00 e. The van der Waals surface area contributed by atoms with Crippen molar-refractivity contribution >= 4 is 34.3 Å². The van der Waals surface area contributed by atoms with Crippen LogP contribution in [0, 0.1) is 0 Å². The fraction of sp³-hybridized carbons (Fsp3) is 0.222. The Kier molecular flexibility index (Phi) is 7.34. The highest BCUT2D eigenvalue weighted by Gasteiger charge is 2.22. The van der Waals surface area contributed by atoms with Crippen molar-refractivity contribution in [2.24, 2.45) is 4.99 Å². The molecule has 2 aromatic rings. The molecule has 0 aliphatic carbocycles. The number of Topliss-reactive ketones (excluding diaryl/α,β-unsaturated/α-hetero) is 1. The van der Waals surface area contributed by atoms with Crippen molar-refractivity contribution in [3.05, 3.63) is 70.7 Å². The van der Waals surface area contributed by atoms with Crippen LogP contribution in [0.15, 0.2) is 59.6 Å². The van der Waals surface area contributed by atoms with Crippen molar-refractivity contribution in [2.75, 3.05) is 18.8 Å². The zero-order valence-corrected chi connectivity index (χ0v) is 16.1. The lowest BCUT2D eigenvalue weighted by Gasteiger charge is -2.17. The van der Waals surface area contributed by atoms with Crippen molar-refractivity contribution in [1.82, 2.24) is 4.90 Å². The number of benzene rings is 2. The van der Waals surface area contributed by atoms with Crippen LogP contribution in [0.25, 0.3) is 0 Å². The van der Waals surface area contributed by atoms with Crippen LogP contribution in [0.2, 0.25) is 5.02 Å². The van der Waals surface area contributed by atoms with Gasteiger partial charge < -0.3 is 21.9 Å². The zero-order valence-electron chi connectivity index (χ0n) is 13.0. The van der Waals surface area contributed by atoms with Gasteiger partial charge in [-0.2, -0.15) is 0 Å². The molecule has 1 heterocycles. The van der Waals surface area contributed by atoms with Crippen molar-refractivity contribution < 1.29 is 21.8 Å². The molecule has 1 aliphatic heterocycles. The Labute approximate surface area is 161 Å². The lowest BCUT2D eigenvalue weighted by Crippen LogP contribution is -3.00. The number of amidine groups is 1. The van der Waals surface area contributed by atoms with Crippen LogP contribution in [0.5, 0.6) is 0 Å². The third-order valence-electron chi connectivity index (χ3n) is 3.60. The normalized spacial score (nSPS) is 15.4. The second-order valence-electron chi connectivity index (χ2n) is 5.28. The summed E-state index contributed by atoms with van der Waals surface area (Å²) in [6.07, 6.45) is 0. The number of halogens is 2. The van der Waals surface area contributed by atoms with E-state index in [1.165, 1.54) is 5.56 Å². The van der Waals surface area contributed by atoms with Crippen LogP contribution in [0.3, 0.4) is 0 Å². The quantitative estimate of drug-likeness (QED) is 0.675. The number of rotatable bonds is 5. The fourth-order valence-corrected chi connectivity index (χ4v) is 3.48. The molecule has 0 unspecified atom stereocenters. The van der Waals surface area contributed by atoms with Gasteiger partial charge in [-0.3, -0.25) is 9.79 Å². The summed E-state index contributed by atoms with van der Waals surface area (Å²) >= 11 is 7.58. The summed E-state index contributed by atoms with van der Waals surface area (Å²) in [4.78, 5) is 19.1. The van der Waals surface area contributed by atoms with Gasteiger partial charge in [0.2, 0.25) is 0 Å². The molecule has 1 aliphatic rings. The molecule has 1 saturated heterocycles. The van der Waals surface area contributed by atoms with E-state index in [4.69, 9.17) is 11.6 Å². The summed E-state index contributed by atoms with van der Waals surface area (Å²) in [5.41, 5.74) is 1.87. The summed E-state index contributed by atoms with van der Waals surface area (Å²) < 4.78 is 0. The summed E-state index contributed by atoms with van der Waals surface area (Å²) in [6.45, 7) is 1.87. The SMILES string of the molecule is O=C(CN1CCSC1=NCc1ccccc1)c1ccc(Cl)cc1.[Br-]. The summed E-state index contributed by atoms with van der Waals surface area (Å²) in [7, 11) is 0. The first-order chi connectivity index (χ1) is 11.2. The second-order valence-corrected chi connectivity index (χ2v) is 6.78. The Morgan fingerprint density at radius 1 is 1.12 bits per heavy atom. The van der Waals surface area contributed by atoms with Crippen LogP contribution < -0.4 is 17.0 Å².